The first-order chi connectivity index (χ1) is 9.02. The fraction of sp³-hybridized carbons (Fsp3) is 0.571. The van der Waals surface area contributed by atoms with E-state index in [0.717, 1.165) is 13.1 Å². The zero-order chi connectivity index (χ0) is 14.0. The predicted octanol–water partition coefficient (Wildman–Crippen LogP) is 3.30. The van der Waals surface area contributed by atoms with Crippen molar-refractivity contribution in [1.29, 1.82) is 0 Å². The fourth-order valence-corrected chi connectivity index (χ4v) is 4.39. The van der Waals surface area contributed by atoms with Crippen LogP contribution in [0.15, 0.2) is 18.2 Å². The highest BCUT2D eigenvalue weighted by Crippen LogP contribution is 2.34. The summed E-state index contributed by atoms with van der Waals surface area (Å²) in [7, 11) is 0. The van der Waals surface area contributed by atoms with Crippen molar-refractivity contribution in [2.75, 3.05) is 19.6 Å². The van der Waals surface area contributed by atoms with Gasteiger partial charge in [0.1, 0.15) is 5.82 Å². The Bertz CT molecular complexity index is 413. The van der Waals surface area contributed by atoms with Crippen LogP contribution in [0.25, 0.3) is 0 Å². The van der Waals surface area contributed by atoms with Crippen LogP contribution in [0.4, 0.5) is 4.39 Å². The summed E-state index contributed by atoms with van der Waals surface area (Å²) < 4.78 is 14.1. The van der Waals surface area contributed by atoms with Crippen molar-refractivity contribution in [1.82, 2.24) is 4.90 Å². The highest BCUT2D eigenvalue weighted by Gasteiger charge is 2.30. The van der Waals surface area contributed by atoms with Gasteiger partial charge < -0.3 is 5.73 Å². The quantitative estimate of drug-likeness (QED) is 0.929. The molecule has 3 atom stereocenters. The predicted molar refractivity (Wildman–Crippen MR) is 81.3 cm³/mol. The van der Waals surface area contributed by atoms with Crippen LogP contribution >= 0.6 is 23.4 Å². The normalized spacial score (nSPS) is 26.4. The van der Waals surface area contributed by atoms with E-state index in [9.17, 15) is 4.39 Å². The summed E-state index contributed by atoms with van der Waals surface area (Å²) >= 11 is 8.13. The number of hydrogen-bond acceptors (Lipinski definition) is 3. The standard InChI is InChI=1S/C14H20ClFN2S/c1-9-7-18(8-10(2)19-9)13(6-17)14-11(15)4-3-5-12(14)16/h3-5,9-10,13H,6-8,17H2,1-2H3. The molecule has 1 aliphatic heterocycles. The Balaban J connectivity index is 2.29. The van der Waals surface area contributed by atoms with Crippen molar-refractivity contribution in [2.45, 2.75) is 30.4 Å². The van der Waals surface area contributed by atoms with Crippen molar-refractivity contribution in [2.24, 2.45) is 5.73 Å². The van der Waals surface area contributed by atoms with Gasteiger partial charge in [0.05, 0.1) is 6.04 Å². The lowest BCUT2D eigenvalue weighted by molar-refractivity contribution is 0.196. The first-order valence-corrected chi connectivity index (χ1v) is 7.88. The maximum atomic E-state index is 14.1. The summed E-state index contributed by atoms with van der Waals surface area (Å²) in [5.74, 6) is -0.263. The second kappa shape index (κ2) is 6.44. The van der Waals surface area contributed by atoms with Crippen molar-refractivity contribution in [3.05, 3.63) is 34.6 Å². The molecule has 0 saturated carbocycles. The van der Waals surface area contributed by atoms with Gasteiger partial charge in [0, 0.05) is 40.7 Å². The molecule has 3 unspecified atom stereocenters. The Morgan fingerprint density at radius 2 is 2.05 bits per heavy atom. The third-order valence-electron chi connectivity index (χ3n) is 3.44. The van der Waals surface area contributed by atoms with E-state index in [1.54, 1.807) is 12.1 Å². The van der Waals surface area contributed by atoms with Gasteiger partial charge in [0.15, 0.2) is 0 Å². The van der Waals surface area contributed by atoms with Crippen LogP contribution in [0.2, 0.25) is 5.02 Å². The molecule has 0 amide bonds. The number of thioether (sulfide) groups is 1. The zero-order valence-corrected chi connectivity index (χ0v) is 12.8. The highest BCUT2D eigenvalue weighted by atomic mass is 35.5. The second-order valence-electron chi connectivity index (χ2n) is 5.10. The molecule has 1 aliphatic rings. The molecular formula is C14H20ClFN2S. The monoisotopic (exact) mass is 302 g/mol. The van der Waals surface area contributed by atoms with E-state index in [2.05, 4.69) is 18.7 Å². The van der Waals surface area contributed by atoms with Crippen LogP contribution in [0, 0.1) is 5.82 Å². The first kappa shape index (κ1) is 15.1. The molecule has 0 radical (unpaired) electrons. The molecule has 0 aromatic heterocycles. The topological polar surface area (TPSA) is 29.3 Å². The molecule has 2 rings (SSSR count). The van der Waals surface area contributed by atoms with Crippen LogP contribution in [0.3, 0.4) is 0 Å². The average Bonchev–Trinajstić information content (AvgIpc) is 2.32. The van der Waals surface area contributed by atoms with Crippen molar-refractivity contribution >= 4 is 23.4 Å². The summed E-state index contributed by atoms with van der Waals surface area (Å²) in [5, 5.41) is 1.53. The Hall–Kier alpha value is -0.290. The van der Waals surface area contributed by atoms with Gasteiger partial charge in [-0.3, -0.25) is 4.90 Å². The Labute approximate surface area is 123 Å². The average molecular weight is 303 g/mol. The molecular weight excluding hydrogens is 283 g/mol. The smallest absolute Gasteiger partial charge is 0.129 e. The molecule has 1 heterocycles. The van der Waals surface area contributed by atoms with Gasteiger partial charge in [-0.25, -0.2) is 4.39 Å². The maximum absolute atomic E-state index is 14.1. The molecule has 2 N–H and O–H groups in total. The van der Waals surface area contributed by atoms with Crippen LogP contribution < -0.4 is 5.73 Å². The van der Waals surface area contributed by atoms with Crippen LogP contribution in [0.5, 0.6) is 0 Å². The van der Waals surface area contributed by atoms with Crippen molar-refractivity contribution in [3.63, 3.8) is 0 Å². The Morgan fingerprint density at radius 3 is 2.58 bits per heavy atom. The minimum Gasteiger partial charge on any atom is -0.329 e. The van der Waals surface area contributed by atoms with E-state index in [1.165, 1.54) is 6.07 Å². The van der Waals surface area contributed by atoms with E-state index in [-0.39, 0.29) is 11.9 Å². The van der Waals surface area contributed by atoms with E-state index < -0.39 is 0 Å². The van der Waals surface area contributed by atoms with E-state index in [0.29, 0.717) is 27.6 Å². The summed E-state index contributed by atoms with van der Waals surface area (Å²) in [6, 6.07) is 4.68. The Morgan fingerprint density at radius 1 is 1.42 bits per heavy atom. The molecule has 19 heavy (non-hydrogen) atoms. The number of nitrogens with zero attached hydrogens (tertiary/aromatic N) is 1. The molecule has 106 valence electrons. The van der Waals surface area contributed by atoms with Gasteiger partial charge in [-0.15, -0.1) is 0 Å². The molecule has 1 aromatic rings. The molecule has 1 saturated heterocycles. The van der Waals surface area contributed by atoms with Gasteiger partial charge in [0.2, 0.25) is 0 Å². The molecule has 2 nitrogen and oxygen atoms in total. The number of nitrogens with two attached hydrogens (primary N) is 1. The SMILES string of the molecule is CC1CN(C(CN)c2c(F)cccc2Cl)CC(C)S1. The third-order valence-corrected chi connectivity index (χ3v) is 5.00. The van der Waals surface area contributed by atoms with Crippen molar-refractivity contribution in [3.8, 4) is 0 Å². The largest absolute Gasteiger partial charge is 0.329 e. The number of hydrogen-bond donors (Lipinski definition) is 1. The van der Waals surface area contributed by atoms with E-state index in [1.807, 2.05) is 11.8 Å². The highest BCUT2D eigenvalue weighted by molar-refractivity contribution is 8.00. The third kappa shape index (κ3) is 3.43. The molecule has 5 heteroatoms. The number of halogens is 2. The molecule has 0 bridgehead atoms. The summed E-state index contributed by atoms with van der Waals surface area (Å²) in [4.78, 5) is 2.26. The zero-order valence-electron chi connectivity index (χ0n) is 11.3. The number of rotatable bonds is 3. The van der Waals surface area contributed by atoms with Crippen LogP contribution in [-0.2, 0) is 0 Å². The van der Waals surface area contributed by atoms with E-state index in [4.69, 9.17) is 17.3 Å². The lowest BCUT2D eigenvalue weighted by Crippen LogP contribution is -2.45. The lowest BCUT2D eigenvalue weighted by atomic mass is 10.0. The van der Waals surface area contributed by atoms with Gasteiger partial charge in [-0.05, 0) is 12.1 Å². The number of benzene rings is 1. The molecule has 1 fully saturated rings. The summed E-state index contributed by atoms with van der Waals surface area (Å²) in [5.41, 5.74) is 6.43. The molecule has 0 spiro atoms. The lowest BCUT2D eigenvalue weighted by Gasteiger charge is -2.39. The minimum absolute atomic E-state index is 0.139. The van der Waals surface area contributed by atoms with Crippen LogP contribution in [-0.4, -0.2) is 35.0 Å². The second-order valence-corrected chi connectivity index (χ2v) is 7.39. The first-order valence-electron chi connectivity index (χ1n) is 6.56. The summed E-state index contributed by atoms with van der Waals surface area (Å²) in [6.45, 7) is 6.61. The van der Waals surface area contributed by atoms with Gasteiger partial charge in [-0.2, -0.15) is 11.8 Å². The van der Waals surface area contributed by atoms with Gasteiger partial charge in [0.25, 0.3) is 0 Å². The van der Waals surface area contributed by atoms with E-state index >= 15 is 0 Å². The van der Waals surface area contributed by atoms with Crippen molar-refractivity contribution < 1.29 is 4.39 Å². The molecule has 1 aromatic carbocycles. The Kier molecular flexibility index (Phi) is 5.12. The summed E-state index contributed by atoms with van der Waals surface area (Å²) in [6.07, 6.45) is 0. The van der Waals surface area contributed by atoms with Gasteiger partial charge in [-0.1, -0.05) is 31.5 Å². The van der Waals surface area contributed by atoms with Gasteiger partial charge >= 0.3 is 0 Å². The van der Waals surface area contributed by atoms with Crippen LogP contribution in [0.1, 0.15) is 25.5 Å². The maximum Gasteiger partial charge on any atom is 0.129 e. The molecule has 0 aliphatic carbocycles. The fourth-order valence-electron chi connectivity index (χ4n) is 2.75. The minimum atomic E-state index is -0.263.